The molecule has 0 aliphatic heterocycles. The summed E-state index contributed by atoms with van der Waals surface area (Å²) in [5, 5.41) is 0. The van der Waals surface area contributed by atoms with Gasteiger partial charge in [0.2, 0.25) is 0 Å². The van der Waals surface area contributed by atoms with Crippen LogP contribution in [0.2, 0.25) is 0 Å². The van der Waals surface area contributed by atoms with E-state index in [2.05, 4.69) is 11.8 Å². The molecule has 0 aliphatic carbocycles. The van der Waals surface area contributed by atoms with E-state index in [0.717, 1.165) is 5.56 Å². The lowest BCUT2D eigenvalue weighted by molar-refractivity contribution is 0.116. The molecule has 0 saturated heterocycles. The van der Waals surface area contributed by atoms with E-state index in [9.17, 15) is 0 Å². The molecule has 0 N–H and O–H groups in total. The van der Waals surface area contributed by atoms with Gasteiger partial charge < -0.3 is 4.74 Å². The molecule has 0 bridgehead atoms. The molecule has 1 aromatic carbocycles. The summed E-state index contributed by atoms with van der Waals surface area (Å²) >= 11 is 0. The number of hydrogen-bond donors (Lipinski definition) is 0. The summed E-state index contributed by atoms with van der Waals surface area (Å²) in [6.07, 6.45) is 0.0187. The second kappa shape index (κ2) is 5.40. The zero-order valence-corrected chi connectivity index (χ0v) is 8.08. The molecule has 0 aromatic heterocycles. The predicted molar refractivity (Wildman–Crippen MR) is 54.4 cm³/mol. The third-order valence-corrected chi connectivity index (χ3v) is 1.61. The van der Waals surface area contributed by atoms with Gasteiger partial charge in [0.05, 0.1) is 0 Å². The van der Waals surface area contributed by atoms with Gasteiger partial charge in [0.1, 0.15) is 6.10 Å². The van der Waals surface area contributed by atoms with Crippen molar-refractivity contribution < 1.29 is 4.74 Å². The molecule has 0 heterocycles. The number of ether oxygens (including phenoxy) is 1. The van der Waals surface area contributed by atoms with Gasteiger partial charge in [-0.1, -0.05) is 30.0 Å². The molecule has 1 rings (SSSR count). The standard InChI is InChI=1S/C12H14O/c1-3-13-11(2)9-10-12-7-5-4-6-8-12/h4-8,11H,3H2,1-2H3/t11-/m0/s1. The molecule has 0 amide bonds. The van der Waals surface area contributed by atoms with Crippen LogP contribution in [0.3, 0.4) is 0 Å². The van der Waals surface area contributed by atoms with Crippen molar-refractivity contribution in [1.82, 2.24) is 0 Å². The maximum absolute atomic E-state index is 5.29. The molecule has 1 atom stereocenters. The minimum atomic E-state index is 0.0187. The van der Waals surface area contributed by atoms with Crippen molar-refractivity contribution in [3.63, 3.8) is 0 Å². The molecular formula is C12H14O. The average molecular weight is 174 g/mol. The zero-order valence-electron chi connectivity index (χ0n) is 8.08. The van der Waals surface area contributed by atoms with Crippen molar-refractivity contribution in [2.75, 3.05) is 6.61 Å². The molecule has 0 spiro atoms. The van der Waals surface area contributed by atoms with Crippen LogP contribution in [0.15, 0.2) is 30.3 Å². The first-order chi connectivity index (χ1) is 6.33. The summed E-state index contributed by atoms with van der Waals surface area (Å²) in [6, 6.07) is 9.93. The second-order valence-corrected chi connectivity index (χ2v) is 2.73. The Morgan fingerprint density at radius 2 is 2.00 bits per heavy atom. The molecular weight excluding hydrogens is 160 g/mol. The van der Waals surface area contributed by atoms with Crippen molar-refractivity contribution in [2.45, 2.75) is 20.0 Å². The van der Waals surface area contributed by atoms with Gasteiger partial charge in [-0.25, -0.2) is 0 Å². The maximum atomic E-state index is 5.29. The minimum absolute atomic E-state index is 0.0187. The molecule has 1 nitrogen and oxygen atoms in total. The fourth-order valence-electron chi connectivity index (χ4n) is 0.998. The van der Waals surface area contributed by atoms with E-state index in [1.165, 1.54) is 0 Å². The zero-order chi connectivity index (χ0) is 9.52. The fourth-order valence-corrected chi connectivity index (χ4v) is 0.998. The molecule has 1 heteroatoms. The Bertz CT molecular complexity index is 292. The molecule has 13 heavy (non-hydrogen) atoms. The van der Waals surface area contributed by atoms with Gasteiger partial charge in [-0.15, -0.1) is 0 Å². The lowest BCUT2D eigenvalue weighted by Gasteiger charge is -2.01. The smallest absolute Gasteiger partial charge is 0.115 e. The highest BCUT2D eigenvalue weighted by molar-refractivity contribution is 5.34. The van der Waals surface area contributed by atoms with Crippen LogP contribution in [0.5, 0.6) is 0 Å². The van der Waals surface area contributed by atoms with E-state index >= 15 is 0 Å². The van der Waals surface area contributed by atoms with Gasteiger partial charge in [0.25, 0.3) is 0 Å². The highest BCUT2D eigenvalue weighted by Crippen LogP contribution is 1.96. The van der Waals surface area contributed by atoms with Crippen LogP contribution >= 0.6 is 0 Å². The Kier molecular flexibility index (Phi) is 4.08. The SMILES string of the molecule is CCO[C@@H](C)C#Cc1ccccc1. The molecule has 1 aromatic rings. The molecule has 0 unspecified atom stereocenters. The van der Waals surface area contributed by atoms with Gasteiger partial charge in [-0.3, -0.25) is 0 Å². The third-order valence-electron chi connectivity index (χ3n) is 1.61. The van der Waals surface area contributed by atoms with Crippen LogP contribution in [0.25, 0.3) is 0 Å². The van der Waals surface area contributed by atoms with Crippen LogP contribution in [0, 0.1) is 11.8 Å². The van der Waals surface area contributed by atoms with Crippen molar-refractivity contribution in [2.24, 2.45) is 0 Å². The Morgan fingerprint density at radius 3 is 2.62 bits per heavy atom. The van der Waals surface area contributed by atoms with Crippen LogP contribution in [-0.4, -0.2) is 12.7 Å². The van der Waals surface area contributed by atoms with Gasteiger partial charge in [0, 0.05) is 12.2 Å². The van der Waals surface area contributed by atoms with Crippen molar-refractivity contribution in [1.29, 1.82) is 0 Å². The summed E-state index contributed by atoms with van der Waals surface area (Å²) in [4.78, 5) is 0. The Hall–Kier alpha value is -1.26. The highest BCUT2D eigenvalue weighted by Gasteiger charge is 1.91. The van der Waals surface area contributed by atoms with Gasteiger partial charge >= 0.3 is 0 Å². The largest absolute Gasteiger partial charge is 0.366 e. The van der Waals surface area contributed by atoms with E-state index in [4.69, 9.17) is 4.74 Å². The van der Waals surface area contributed by atoms with Crippen molar-refractivity contribution in [3.8, 4) is 11.8 Å². The average Bonchev–Trinajstić information content (AvgIpc) is 2.17. The summed E-state index contributed by atoms with van der Waals surface area (Å²) in [5.74, 6) is 6.08. The Labute approximate surface area is 79.7 Å². The lowest BCUT2D eigenvalue weighted by atomic mass is 10.2. The topological polar surface area (TPSA) is 9.23 Å². The molecule has 0 aliphatic rings. The van der Waals surface area contributed by atoms with E-state index in [1.54, 1.807) is 0 Å². The van der Waals surface area contributed by atoms with Gasteiger partial charge in [0.15, 0.2) is 0 Å². The first-order valence-corrected chi connectivity index (χ1v) is 4.51. The second-order valence-electron chi connectivity index (χ2n) is 2.73. The Morgan fingerprint density at radius 1 is 1.31 bits per heavy atom. The first-order valence-electron chi connectivity index (χ1n) is 4.51. The number of rotatable bonds is 2. The lowest BCUT2D eigenvalue weighted by Crippen LogP contribution is -2.03. The molecule has 0 radical (unpaired) electrons. The summed E-state index contributed by atoms with van der Waals surface area (Å²) in [7, 11) is 0. The monoisotopic (exact) mass is 174 g/mol. The van der Waals surface area contributed by atoms with E-state index in [0.29, 0.717) is 6.61 Å². The van der Waals surface area contributed by atoms with Crippen LogP contribution in [-0.2, 0) is 4.74 Å². The van der Waals surface area contributed by atoms with Gasteiger partial charge in [-0.2, -0.15) is 0 Å². The van der Waals surface area contributed by atoms with Gasteiger partial charge in [-0.05, 0) is 26.0 Å². The van der Waals surface area contributed by atoms with Crippen molar-refractivity contribution >= 4 is 0 Å². The number of benzene rings is 1. The fraction of sp³-hybridized carbons (Fsp3) is 0.333. The number of hydrogen-bond acceptors (Lipinski definition) is 1. The van der Waals surface area contributed by atoms with Crippen LogP contribution < -0.4 is 0 Å². The van der Waals surface area contributed by atoms with E-state index < -0.39 is 0 Å². The van der Waals surface area contributed by atoms with E-state index in [-0.39, 0.29) is 6.10 Å². The van der Waals surface area contributed by atoms with E-state index in [1.807, 2.05) is 44.2 Å². The normalized spacial score (nSPS) is 11.5. The summed E-state index contributed by atoms with van der Waals surface area (Å²) in [5.41, 5.74) is 1.04. The summed E-state index contributed by atoms with van der Waals surface area (Å²) < 4.78 is 5.29. The first kappa shape index (κ1) is 9.83. The molecule has 0 fully saturated rings. The molecule has 0 saturated carbocycles. The minimum Gasteiger partial charge on any atom is -0.366 e. The van der Waals surface area contributed by atoms with Crippen molar-refractivity contribution in [3.05, 3.63) is 35.9 Å². The predicted octanol–water partition coefficient (Wildman–Crippen LogP) is 2.46. The van der Waals surface area contributed by atoms with Crippen LogP contribution in [0.4, 0.5) is 0 Å². The summed E-state index contributed by atoms with van der Waals surface area (Å²) in [6.45, 7) is 4.64. The highest BCUT2D eigenvalue weighted by atomic mass is 16.5. The molecule has 68 valence electrons. The quantitative estimate of drug-likeness (QED) is 0.626. The third kappa shape index (κ3) is 3.78. The van der Waals surface area contributed by atoms with Crippen LogP contribution in [0.1, 0.15) is 19.4 Å². The Balaban J connectivity index is 2.57. The maximum Gasteiger partial charge on any atom is 0.115 e.